The van der Waals surface area contributed by atoms with E-state index in [-0.39, 0.29) is 37.4 Å². The fraction of sp³-hybridized carbons (Fsp3) is 0.208. The van der Waals surface area contributed by atoms with E-state index in [1.807, 2.05) is 6.07 Å². The van der Waals surface area contributed by atoms with E-state index in [0.29, 0.717) is 23.4 Å². The zero-order chi connectivity index (χ0) is 22.8. The molecule has 0 saturated heterocycles. The summed E-state index contributed by atoms with van der Waals surface area (Å²) in [6, 6.07) is 13.7. The number of carbonyl (C=O) groups is 3. The highest BCUT2D eigenvalue weighted by atomic mass is 16.5. The molecule has 3 rings (SSSR count). The SMILES string of the molecule is CCOC(=O)CCN(Cc1cccnc1)C(=O)c1cccc(NC(=O)c2cccnc2)c1. The Kier molecular flexibility index (Phi) is 8.02. The second-order valence-corrected chi connectivity index (χ2v) is 6.92. The molecule has 3 aromatic rings. The number of rotatable bonds is 9. The Bertz CT molecular complexity index is 1060. The third-order valence-corrected chi connectivity index (χ3v) is 4.57. The number of pyridine rings is 2. The number of anilines is 1. The van der Waals surface area contributed by atoms with Crippen LogP contribution >= 0.6 is 0 Å². The molecule has 164 valence electrons. The highest BCUT2D eigenvalue weighted by Crippen LogP contribution is 2.16. The van der Waals surface area contributed by atoms with Gasteiger partial charge in [-0.3, -0.25) is 24.4 Å². The molecular weight excluding hydrogens is 408 g/mol. The fourth-order valence-electron chi connectivity index (χ4n) is 3.04. The first-order valence-electron chi connectivity index (χ1n) is 10.2. The monoisotopic (exact) mass is 432 g/mol. The van der Waals surface area contributed by atoms with Crippen molar-refractivity contribution in [1.29, 1.82) is 0 Å². The van der Waals surface area contributed by atoms with E-state index in [1.165, 1.54) is 6.20 Å². The number of nitrogens with one attached hydrogen (secondary N) is 1. The molecule has 0 atom stereocenters. The van der Waals surface area contributed by atoms with Gasteiger partial charge in [-0.15, -0.1) is 0 Å². The number of hydrogen-bond donors (Lipinski definition) is 1. The minimum atomic E-state index is -0.367. The summed E-state index contributed by atoms with van der Waals surface area (Å²) >= 11 is 0. The highest BCUT2D eigenvalue weighted by molar-refractivity contribution is 6.05. The average Bonchev–Trinajstić information content (AvgIpc) is 2.83. The molecule has 0 fully saturated rings. The second-order valence-electron chi connectivity index (χ2n) is 6.92. The first-order valence-corrected chi connectivity index (χ1v) is 10.2. The molecule has 8 heteroatoms. The van der Waals surface area contributed by atoms with Crippen molar-refractivity contribution in [2.45, 2.75) is 19.9 Å². The van der Waals surface area contributed by atoms with Gasteiger partial charge in [-0.05, 0) is 48.9 Å². The highest BCUT2D eigenvalue weighted by Gasteiger charge is 2.19. The number of carbonyl (C=O) groups excluding carboxylic acids is 3. The van der Waals surface area contributed by atoms with Crippen LogP contribution in [0.15, 0.2) is 73.3 Å². The molecule has 0 aliphatic heterocycles. The summed E-state index contributed by atoms with van der Waals surface area (Å²) in [5.41, 5.74) is 2.13. The molecule has 2 amide bonds. The van der Waals surface area contributed by atoms with Crippen molar-refractivity contribution in [2.24, 2.45) is 0 Å². The van der Waals surface area contributed by atoms with Crippen LogP contribution in [0.5, 0.6) is 0 Å². The van der Waals surface area contributed by atoms with E-state index in [2.05, 4.69) is 15.3 Å². The van der Waals surface area contributed by atoms with E-state index in [0.717, 1.165) is 5.56 Å². The Morgan fingerprint density at radius 2 is 1.72 bits per heavy atom. The van der Waals surface area contributed by atoms with Crippen LogP contribution < -0.4 is 5.32 Å². The van der Waals surface area contributed by atoms with Gasteiger partial charge in [-0.2, -0.15) is 0 Å². The zero-order valence-electron chi connectivity index (χ0n) is 17.7. The summed E-state index contributed by atoms with van der Waals surface area (Å²) in [5.74, 6) is -0.957. The van der Waals surface area contributed by atoms with Gasteiger partial charge >= 0.3 is 5.97 Å². The molecule has 8 nitrogen and oxygen atoms in total. The van der Waals surface area contributed by atoms with E-state index >= 15 is 0 Å². The van der Waals surface area contributed by atoms with Gasteiger partial charge in [0.2, 0.25) is 0 Å². The van der Waals surface area contributed by atoms with Crippen LogP contribution in [0.25, 0.3) is 0 Å². The molecule has 0 unspecified atom stereocenters. The molecule has 1 N–H and O–H groups in total. The van der Waals surface area contributed by atoms with E-state index in [4.69, 9.17) is 4.74 Å². The van der Waals surface area contributed by atoms with Gasteiger partial charge < -0.3 is 15.0 Å². The number of amides is 2. The van der Waals surface area contributed by atoms with E-state index < -0.39 is 0 Å². The number of esters is 1. The standard InChI is InChI=1S/C24H24N4O4/c1-2-32-22(29)10-13-28(17-18-6-4-11-25-15-18)24(31)19-7-3-9-21(14-19)27-23(30)20-8-5-12-26-16-20/h3-9,11-12,14-16H,2,10,13,17H2,1H3,(H,27,30). The number of ether oxygens (including phenoxy) is 1. The molecule has 1 aromatic carbocycles. The maximum absolute atomic E-state index is 13.3. The smallest absolute Gasteiger partial charge is 0.307 e. The van der Waals surface area contributed by atoms with Crippen molar-refractivity contribution >= 4 is 23.5 Å². The lowest BCUT2D eigenvalue weighted by molar-refractivity contribution is -0.143. The van der Waals surface area contributed by atoms with E-state index in [9.17, 15) is 14.4 Å². The van der Waals surface area contributed by atoms with Gasteiger partial charge in [0.15, 0.2) is 0 Å². The minimum absolute atomic E-state index is 0.0806. The van der Waals surface area contributed by atoms with Crippen molar-refractivity contribution in [3.05, 3.63) is 90.0 Å². The van der Waals surface area contributed by atoms with Crippen molar-refractivity contribution in [3.8, 4) is 0 Å². The average molecular weight is 432 g/mol. The van der Waals surface area contributed by atoms with Crippen LogP contribution in [0.4, 0.5) is 5.69 Å². The van der Waals surface area contributed by atoms with Gasteiger partial charge in [-0.25, -0.2) is 0 Å². The summed E-state index contributed by atoms with van der Waals surface area (Å²) < 4.78 is 4.99. The van der Waals surface area contributed by atoms with Gasteiger partial charge in [0, 0.05) is 49.1 Å². The zero-order valence-corrected chi connectivity index (χ0v) is 17.7. The first-order chi connectivity index (χ1) is 15.6. The molecule has 32 heavy (non-hydrogen) atoms. The van der Waals surface area contributed by atoms with Gasteiger partial charge in [0.1, 0.15) is 0 Å². The molecule has 2 aromatic heterocycles. The molecule has 2 heterocycles. The van der Waals surface area contributed by atoms with Crippen molar-refractivity contribution in [3.63, 3.8) is 0 Å². The van der Waals surface area contributed by atoms with Crippen LogP contribution in [-0.4, -0.2) is 45.8 Å². The van der Waals surface area contributed by atoms with Crippen LogP contribution in [0, 0.1) is 0 Å². The van der Waals surface area contributed by atoms with Gasteiger partial charge in [0.25, 0.3) is 11.8 Å². The normalized spacial score (nSPS) is 10.3. The Morgan fingerprint density at radius 3 is 2.41 bits per heavy atom. The maximum atomic E-state index is 13.3. The molecular formula is C24H24N4O4. The number of hydrogen-bond acceptors (Lipinski definition) is 6. The fourth-order valence-corrected chi connectivity index (χ4v) is 3.04. The topological polar surface area (TPSA) is 101 Å². The van der Waals surface area contributed by atoms with Crippen LogP contribution in [-0.2, 0) is 16.1 Å². The van der Waals surface area contributed by atoms with Crippen LogP contribution in [0.1, 0.15) is 39.6 Å². The Hall–Kier alpha value is -4.07. The van der Waals surface area contributed by atoms with Crippen LogP contribution in [0.3, 0.4) is 0 Å². The summed E-state index contributed by atoms with van der Waals surface area (Å²) in [5, 5.41) is 2.78. The Balaban J connectivity index is 1.76. The van der Waals surface area contributed by atoms with Gasteiger partial charge in [0.05, 0.1) is 18.6 Å². The third-order valence-electron chi connectivity index (χ3n) is 4.57. The maximum Gasteiger partial charge on any atom is 0.307 e. The largest absolute Gasteiger partial charge is 0.466 e. The number of benzene rings is 1. The van der Waals surface area contributed by atoms with Crippen LogP contribution in [0.2, 0.25) is 0 Å². The number of nitrogens with zero attached hydrogens (tertiary/aromatic N) is 3. The summed E-state index contributed by atoms with van der Waals surface area (Å²) in [7, 11) is 0. The third kappa shape index (κ3) is 6.46. The second kappa shape index (κ2) is 11.4. The quantitative estimate of drug-likeness (QED) is 0.521. The lowest BCUT2D eigenvalue weighted by atomic mass is 10.1. The van der Waals surface area contributed by atoms with Crippen molar-refractivity contribution in [1.82, 2.24) is 14.9 Å². The minimum Gasteiger partial charge on any atom is -0.466 e. The Morgan fingerprint density at radius 1 is 0.969 bits per heavy atom. The lowest BCUT2D eigenvalue weighted by Gasteiger charge is -2.23. The molecule has 0 saturated carbocycles. The molecule has 0 aliphatic carbocycles. The molecule has 0 bridgehead atoms. The first kappa shape index (κ1) is 22.6. The van der Waals surface area contributed by atoms with E-state index in [1.54, 1.807) is 72.9 Å². The molecule has 0 radical (unpaired) electrons. The predicted molar refractivity (Wildman–Crippen MR) is 119 cm³/mol. The lowest BCUT2D eigenvalue weighted by Crippen LogP contribution is -2.33. The van der Waals surface area contributed by atoms with Crippen molar-refractivity contribution < 1.29 is 19.1 Å². The summed E-state index contributed by atoms with van der Waals surface area (Å²) in [6.07, 6.45) is 6.47. The van der Waals surface area contributed by atoms with Crippen molar-refractivity contribution in [2.75, 3.05) is 18.5 Å². The molecule has 0 aliphatic rings. The summed E-state index contributed by atoms with van der Waals surface area (Å²) in [4.78, 5) is 47.1. The number of aromatic nitrogens is 2. The molecule has 0 spiro atoms. The predicted octanol–water partition coefficient (Wildman–Crippen LogP) is 3.32. The Labute approximate surface area is 186 Å². The summed E-state index contributed by atoms with van der Waals surface area (Å²) in [6.45, 7) is 2.51. The van der Waals surface area contributed by atoms with Gasteiger partial charge in [-0.1, -0.05) is 12.1 Å².